The molecule has 0 fully saturated rings. The third-order valence-corrected chi connectivity index (χ3v) is 4.02. The van der Waals surface area contributed by atoms with Crippen molar-refractivity contribution in [2.75, 3.05) is 0 Å². The number of carbonyl (C=O) groups excluding carboxylic acids is 1. The van der Waals surface area contributed by atoms with Crippen molar-refractivity contribution in [1.29, 1.82) is 0 Å². The van der Waals surface area contributed by atoms with Crippen LogP contribution in [-0.2, 0) is 6.54 Å². The van der Waals surface area contributed by atoms with Crippen LogP contribution < -0.4 is 5.32 Å². The van der Waals surface area contributed by atoms with E-state index in [0.29, 0.717) is 12.3 Å². The first-order valence-corrected chi connectivity index (χ1v) is 7.10. The molecule has 100 valence electrons. The highest BCUT2D eigenvalue weighted by Crippen LogP contribution is 2.27. The first kappa shape index (κ1) is 12.7. The second kappa shape index (κ2) is 5.75. The zero-order valence-corrected chi connectivity index (χ0v) is 11.5. The predicted octanol–water partition coefficient (Wildman–Crippen LogP) is 3.94. The van der Waals surface area contributed by atoms with Crippen LogP contribution in [0.15, 0.2) is 65.3 Å². The van der Waals surface area contributed by atoms with Gasteiger partial charge in [-0.2, -0.15) is 0 Å². The number of furan rings is 1. The van der Waals surface area contributed by atoms with Gasteiger partial charge in [-0.05, 0) is 29.8 Å². The highest BCUT2D eigenvalue weighted by atomic mass is 32.1. The second-order valence-corrected chi connectivity index (χ2v) is 5.46. The summed E-state index contributed by atoms with van der Waals surface area (Å²) in [6.45, 7) is 0.511. The lowest BCUT2D eigenvalue weighted by Gasteiger charge is -2.00. The van der Waals surface area contributed by atoms with Crippen LogP contribution in [0.1, 0.15) is 15.4 Å². The van der Waals surface area contributed by atoms with E-state index in [1.54, 1.807) is 23.5 Å². The largest absolute Gasteiger partial charge is 0.459 e. The van der Waals surface area contributed by atoms with Gasteiger partial charge in [-0.3, -0.25) is 4.79 Å². The Hall–Kier alpha value is -2.33. The third-order valence-electron chi connectivity index (χ3n) is 2.89. The van der Waals surface area contributed by atoms with E-state index in [0.717, 1.165) is 4.88 Å². The van der Waals surface area contributed by atoms with Crippen LogP contribution in [0, 0.1) is 0 Å². The summed E-state index contributed by atoms with van der Waals surface area (Å²) in [4.78, 5) is 14.1. The SMILES string of the molecule is O=C(NCc1ccc(-c2ccccc2)s1)c1ccco1. The average molecular weight is 283 g/mol. The van der Waals surface area contributed by atoms with E-state index >= 15 is 0 Å². The van der Waals surface area contributed by atoms with Gasteiger partial charge in [-0.25, -0.2) is 0 Å². The summed E-state index contributed by atoms with van der Waals surface area (Å²) in [5, 5.41) is 2.84. The lowest BCUT2D eigenvalue weighted by molar-refractivity contribution is 0.0923. The topological polar surface area (TPSA) is 42.2 Å². The Kier molecular flexibility index (Phi) is 3.65. The van der Waals surface area contributed by atoms with Gasteiger partial charge < -0.3 is 9.73 Å². The molecule has 3 rings (SSSR count). The normalized spacial score (nSPS) is 10.4. The van der Waals surface area contributed by atoms with E-state index in [-0.39, 0.29) is 5.91 Å². The van der Waals surface area contributed by atoms with Crippen molar-refractivity contribution in [2.45, 2.75) is 6.54 Å². The maximum Gasteiger partial charge on any atom is 0.287 e. The minimum Gasteiger partial charge on any atom is -0.459 e. The molecule has 3 nitrogen and oxygen atoms in total. The van der Waals surface area contributed by atoms with Crippen molar-refractivity contribution >= 4 is 17.2 Å². The predicted molar refractivity (Wildman–Crippen MR) is 79.6 cm³/mol. The van der Waals surface area contributed by atoms with E-state index in [4.69, 9.17) is 4.42 Å². The number of rotatable bonds is 4. The summed E-state index contributed by atoms with van der Waals surface area (Å²) in [5.41, 5.74) is 1.20. The molecule has 2 aromatic heterocycles. The second-order valence-electron chi connectivity index (χ2n) is 4.29. The lowest BCUT2D eigenvalue weighted by atomic mass is 10.2. The zero-order valence-electron chi connectivity index (χ0n) is 10.7. The van der Waals surface area contributed by atoms with Gasteiger partial charge in [0.2, 0.25) is 0 Å². The van der Waals surface area contributed by atoms with E-state index < -0.39 is 0 Å². The van der Waals surface area contributed by atoms with E-state index in [1.165, 1.54) is 16.7 Å². The summed E-state index contributed by atoms with van der Waals surface area (Å²) < 4.78 is 5.05. The average Bonchev–Trinajstić information content (AvgIpc) is 3.17. The first-order valence-electron chi connectivity index (χ1n) is 6.29. The number of hydrogen-bond donors (Lipinski definition) is 1. The van der Waals surface area contributed by atoms with Gasteiger partial charge in [0.15, 0.2) is 5.76 Å². The van der Waals surface area contributed by atoms with E-state index in [2.05, 4.69) is 23.5 Å². The number of hydrogen-bond acceptors (Lipinski definition) is 3. The molecule has 1 amide bonds. The highest BCUT2D eigenvalue weighted by Gasteiger charge is 2.08. The third kappa shape index (κ3) is 2.81. The van der Waals surface area contributed by atoms with Crippen molar-refractivity contribution in [3.8, 4) is 10.4 Å². The Balaban J connectivity index is 1.65. The van der Waals surface area contributed by atoms with Crippen molar-refractivity contribution in [3.63, 3.8) is 0 Å². The van der Waals surface area contributed by atoms with Gasteiger partial charge >= 0.3 is 0 Å². The molecule has 2 heterocycles. The van der Waals surface area contributed by atoms with Crippen molar-refractivity contribution in [2.24, 2.45) is 0 Å². The number of nitrogens with one attached hydrogen (secondary N) is 1. The molecule has 1 aromatic carbocycles. The summed E-state index contributed by atoms with van der Waals surface area (Å²) >= 11 is 1.68. The maximum absolute atomic E-state index is 11.8. The summed E-state index contributed by atoms with van der Waals surface area (Å²) in [6.07, 6.45) is 1.49. The van der Waals surface area contributed by atoms with Crippen LogP contribution in [-0.4, -0.2) is 5.91 Å². The summed E-state index contributed by atoms with van der Waals surface area (Å²) in [6, 6.07) is 17.7. The van der Waals surface area contributed by atoms with Crippen LogP contribution in [0.25, 0.3) is 10.4 Å². The fourth-order valence-corrected chi connectivity index (χ4v) is 2.85. The quantitative estimate of drug-likeness (QED) is 0.788. The molecule has 0 bridgehead atoms. The molecule has 0 saturated heterocycles. The molecular formula is C16H13NO2S. The number of amides is 1. The van der Waals surface area contributed by atoms with Crippen LogP contribution in [0.3, 0.4) is 0 Å². The maximum atomic E-state index is 11.8. The molecule has 1 N–H and O–H groups in total. The monoisotopic (exact) mass is 283 g/mol. The molecule has 0 saturated carbocycles. The van der Waals surface area contributed by atoms with Gasteiger partial charge in [0.05, 0.1) is 12.8 Å². The zero-order chi connectivity index (χ0) is 13.8. The molecule has 0 spiro atoms. The van der Waals surface area contributed by atoms with E-state index in [1.807, 2.05) is 24.3 Å². The highest BCUT2D eigenvalue weighted by molar-refractivity contribution is 7.15. The first-order chi connectivity index (χ1) is 9.83. The minimum absolute atomic E-state index is 0.190. The smallest absolute Gasteiger partial charge is 0.287 e. The van der Waals surface area contributed by atoms with Gasteiger partial charge in [0.25, 0.3) is 5.91 Å². The lowest BCUT2D eigenvalue weighted by Crippen LogP contribution is -2.21. The molecule has 0 unspecified atom stereocenters. The molecule has 0 aliphatic rings. The molecule has 0 aliphatic heterocycles. The number of thiophene rings is 1. The fourth-order valence-electron chi connectivity index (χ4n) is 1.89. The Labute approximate surface area is 120 Å². The van der Waals surface area contributed by atoms with Crippen LogP contribution in [0.2, 0.25) is 0 Å². The summed E-state index contributed by atoms with van der Waals surface area (Å²) in [7, 11) is 0. The van der Waals surface area contributed by atoms with Crippen molar-refractivity contribution < 1.29 is 9.21 Å². The van der Waals surface area contributed by atoms with Gasteiger partial charge in [-0.15, -0.1) is 11.3 Å². The fraction of sp³-hybridized carbons (Fsp3) is 0.0625. The van der Waals surface area contributed by atoms with Crippen LogP contribution in [0.4, 0.5) is 0 Å². The summed E-state index contributed by atoms with van der Waals surface area (Å²) in [5.74, 6) is 0.148. The minimum atomic E-state index is -0.190. The van der Waals surface area contributed by atoms with Crippen molar-refractivity contribution in [3.05, 3.63) is 71.5 Å². The van der Waals surface area contributed by atoms with E-state index in [9.17, 15) is 4.79 Å². The van der Waals surface area contributed by atoms with Crippen LogP contribution >= 0.6 is 11.3 Å². The molecular weight excluding hydrogens is 270 g/mol. The van der Waals surface area contributed by atoms with Crippen LogP contribution in [0.5, 0.6) is 0 Å². The Morgan fingerprint density at radius 3 is 2.65 bits per heavy atom. The molecule has 0 aliphatic carbocycles. The molecule has 3 aromatic rings. The van der Waals surface area contributed by atoms with Crippen molar-refractivity contribution in [1.82, 2.24) is 5.32 Å². The van der Waals surface area contributed by atoms with Gasteiger partial charge in [-0.1, -0.05) is 30.3 Å². The Bertz CT molecular complexity index is 686. The Morgan fingerprint density at radius 1 is 1.05 bits per heavy atom. The molecule has 20 heavy (non-hydrogen) atoms. The molecule has 0 radical (unpaired) electrons. The number of benzene rings is 1. The standard InChI is InChI=1S/C16H13NO2S/c18-16(14-7-4-10-19-14)17-11-13-8-9-15(20-13)12-5-2-1-3-6-12/h1-10H,11H2,(H,17,18). The van der Waals surface area contributed by atoms with Gasteiger partial charge in [0.1, 0.15) is 0 Å². The Morgan fingerprint density at radius 2 is 1.90 bits per heavy atom. The molecule has 0 atom stereocenters. The molecule has 4 heteroatoms. The number of carbonyl (C=O) groups is 1. The van der Waals surface area contributed by atoms with Gasteiger partial charge in [0, 0.05) is 9.75 Å².